The summed E-state index contributed by atoms with van der Waals surface area (Å²) in [6.45, 7) is 0.675. The molecule has 0 aromatic carbocycles. The maximum atomic E-state index is 11.0. The first kappa shape index (κ1) is 10.8. The van der Waals surface area contributed by atoms with Crippen LogP contribution in [0.3, 0.4) is 0 Å². The number of carbonyl (C=O) groups is 1. The predicted molar refractivity (Wildman–Crippen MR) is 60.3 cm³/mol. The molecule has 0 saturated carbocycles. The smallest absolute Gasteiger partial charge is 0.408 e. The zero-order valence-electron chi connectivity index (χ0n) is 8.50. The maximum Gasteiger partial charge on any atom is 0.408 e. The Bertz CT molecular complexity index is 400. The van der Waals surface area contributed by atoms with Gasteiger partial charge in [-0.15, -0.1) is 11.3 Å². The molecular weight excluding hydrogens is 226 g/mol. The van der Waals surface area contributed by atoms with Gasteiger partial charge in [0.1, 0.15) is 5.76 Å². The molecule has 16 heavy (non-hydrogen) atoms. The molecule has 2 aromatic heterocycles. The average Bonchev–Trinajstić information content (AvgIpc) is 2.88. The molecule has 1 N–H and O–H groups in total. The first-order valence-corrected chi connectivity index (χ1v) is 5.66. The van der Waals surface area contributed by atoms with Crippen molar-refractivity contribution < 1.29 is 14.3 Å². The molecule has 0 radical (unpaired) electrons. The largest absolute Gasteiger partial charge is 0.467 e. The van der Waals surface area contributed by atoms with Gasteiger partial charge in [-0.25, -0.2) is 4.79 Å². The summed E-state index contributed by atoms with van der Waals surface area (Å²) in [5.74, 6) is 0.652. The van der Waals surface area contributed by atoms with Gasteiger partial charge < -0.3 is 9.52 Å². The lowest BCUT2D eigenvalue weighted by atomic mass is 10.4. The molecule has 0 spiro atoms. The Labute approximate surface area is 96.7 Å². The van der Waals surface area contributed by atoms with Crippen molar-refractivity contribution >= 4 is 17.4 Å². The van der Waals surface area contributed by atoms with E-state index in [1.807, 2.05) is 17.5 Å². The van der Waals surface area contributed by atoms with Crippen LogP contribution in [0.2, 0.25) is 0 Å². The van der Waals surface area contributed by atoms with Crippen molar-refractivity contribution in [2.75, 3.05) is 0 Å². The fourth-order valence-electron chi connectivity index (χ4n) is 1.37. The van der Waals surface area contributed by atoms with E-state index in [-0.39, 0.29) is 6.54 Å². The molecule has 84 valence electrons. The van der Waals surface area contributed by atoms with Crippen LogP contribution < -0.4 is 0 Å². The highest BCUT2D eigenvalue weighted by Crippen LogP contribution is 2.14. The number of hydrogen-bond acceptors (Lipinski definition) is 3. The van der Waals surface area contributed by atoms with Crippen LogP contribution in [0.1, 0.15) is 10.6 Å². The SMILES string of the molecule is O=C(O)N(Cc1ccco1)Cc1cccs1. The summed E-state index contributed by atoms with van der Waals surface area (Å²) < 4.78 is 5.13. The topological polar surface area (TPSA) is 53.7 Å². The van der Waals surface area contributed by atoms with Gasteiger partial charge in [0.25, 0.3) is 0 Å². The van der Waals surface area contributed by atoms with Crippen LogP contribution >= 0.6 is 11.3 Å². The van der Waals surface area contributed by atoms with Crippen LogP contribution in [0.4, 0.5) is 4.79 Å². The minimum absolute atomic E-state index is 0.278. The van der Waals surface area contributed by atoms with Gasteiger partial charge in [-0.05, 0) is 23.6 Å². The Morgan fingerprint density at radius 1 is 1.38 bits per heavy atom. The summed E-state index contributed by atoms with van der Waals surface area (Å²) in [5, 5.41) is 11.0. The van der Waals surface area contributed by atoms with Gasteiger partial charge in [-0.2, -0.15) is 0 Å². The normalized spacial score (nSPS) is 10.2. The van der Waals surface area contributed by atoms with Crippen LogP contribution in [-0.2, 0) is 13.1 Å². The Hall–Kier alpha value is -1.75. The standard InChI is InChI=1S/C11H11NO3S/c13-11(14)12(7-9-3-1-5-15-9)8-10-4-2-6-16-10/h1-6H,7-8H2,(H,13,14). The van der Waals surface area contributed by atoms with E-state index in [0.717, 1.165) is 4.88 Å². The summed E-state index contributed by atoms with van der Waals surface area (Å²) in [6.07, 6.45) is 0.602. The molecule has 2 rings (SSSR count). The minimum atomic E-state index is -0.940. The lowest BCUT2D eigenvalue weighted by Crippen LogP contribution is -2.27. The molecule has 2 heterocycles. The Morgan fingerprint density at radius 3 is 2.81 bits per heavy atom. The van der Waals surface area contributed by atoms with E-state index in [1.165, 1.54) is 4.90 Å². The van der Waals surface area contributed by atoms with Gasteiger partial charge in [0, 0.05) is 4.88 Å². The molecule has 0 atom stereocenters. The summed E-state index contributed by atoms with van der Waals surface area (Å²) in [4.78, 5) is 13.4. The highest BCUT2D eigenvalue weighted by Gasteiger charge is 2.14. The fourth-order valence-corrected chi connectivity index (χ4v) is 2.09. The molecular formula is C11H11NO3S. The molecule has 0 aliphatic heterocycles. The van der Waals surface area contributed by atoms with Gasteiger partial charge in [0.15, 0.2) is 0 Å². The van der Waals surface area contributed by atoms with Crippen molar-refractivity contribution in [1.82, 2.24) is 4.90 Å². The second-order valence-electron chi connectivity index (χ2n) is 3.30. The molecule has 0 fully saturated rings. The van der Waals surface area contributed by atoms with Crippen molar-refractivity contribution in [3.05, 3.63) is 46.5 Å². The predicted octanol–water partition coefficient (Wildman–Crippen LogP) is 3.02. The molecule has 0 unspecified atom stereocenters. The minimum Gasteiger partial charge on any atom is -0.467 e. The quantitative estimate of drug-likeness (QED) is 0.889. The highest BCUT2D eigenvalue weighted by atomic mass is 32.1. The molecule has 5 heteroatoms. The number of furan rings is 1. The number of hydrogen-bond donors (Lipinski definition) is 1. The second kappa shape index (κ2) is 4.85. The highest BCUT2D eigenvalue weighted by molar-refractivity contribution is 7.09. The van der Waals surface area contributed by atoms with Crippen molar-refractivity contribution in [1.29, 1.82) is 0 Å². The summed E-state index contributed by atoms with van der Waals surface area (Å²) in [6, 6.07) is 7.35. The second-order valence-corrected chi connectivity index (χ2v) is 4.33. The first-order valence-electron chi connectivity index (χ1n) is 4.78. The average molecular weight is 237 g/mol. The van der Waals surface area contributed by atoms with E-state index < -0.39 is 6.09 Å². The Kier molecular flexibility index (Phi) is 3.26. The number of carboxylic acid groups (broad SMARTS) is 1. The Morgan fingerprint density at radius 2 is 2.25 bits per heavy atom. The summed E-state index contributed by atoms with van der Waals surface area (Å²) in [5.41, 5.74) is 0. The molecule has 0 aliphatic rings. The zero-order chi connectivity index (χ0) is 11.4. The molecule has 1 amide bonds. The van der Waals surface area contributed by atoms with E-state index in [2.05, 4.69) is 0 Å². The lowest BCUT2D eigenvalue weighted by Gasteiger charge is -2.16. The third-order valence-electron chi connectivity index (χ3n) is 2.12. The van der Waals surface area contributed by atoms with Crippen LogP contribution in [0, 0.1) is 0 Å². The van der Waals surface area contributed by atoms with Gasteiger partial charge in [0.2, 0.25) is 0 Å². The van der Waals surface area contributed by atoms with E-state index in [9.17, 15) is 4.79 Å². The summed E-state index contributed by atoms with van der Waals surface area (Å²) in [7, 11) is 0. The third kappa shape index (κ3) is 2.64. The van der Waals surface area contributed by atoms with Gasteiger partial charge in [-0.1, -0.05) is 6.07 Å². The molecule has 0 aliphatic carbocycles. The van der Waals surface area contributed by atoms with E-state index >= 15 is 0 Å². The maximum absolute atomic E-state index is 11.0. The van der Waals surface area contributed by atoms with Crippen molar-refractivity contribution in [3.8, 4) is 0 Å². The molecule has 2 aromatic rings. The van der Waals surface area contributed by atoms with Crippen LogP contribution in [-0.4, -0.2) is 16.1 Å². The van der Waals surface area contributed by atoms with Crippen molar-refractivity contribution in [2.45, 2.75) is 13.1 Å². The zero-order valence-corrected chi connectivity index (χ0v) is 9.31. The number of amides is 1. The van der Waals surface area contributed by atoms with Crippen molar-refractivity contribution in [3.63, 3.8) is 0 Å². The molecule has 4 nitrogen and oxygen atoms in total. The first-order chi connectivity index (χ1) is 7.75. The number of thiophene rings is 1. The van der Waals surface area contributed by atoms with E-state index in [4.69, 9.17) is 9.52 Å². The van der Waals surface area contributed by atoms with E-state index in [0.29, 0.717) is 12.3 Å². The number of rotatable bonds is 4. The fraction of sp³-hybridized carbons (Fsp3) is 0.182. The van der Waals surface area contributed by atoms with Gasteiger partial charge in [-0.3, -0.25) is 4.90 Å². The van der Waals surface area contributed by atoms with Crippen molar-refractivity contribution in [2.24, 2.45) is 0 Å². The van der Waals surface area contributed by atoms with Crippen LogP contribution in [0.5, 0.6) is 0 Å². The lowest BCUT2D eigenvalue weighted by molar-refractivity contribution is 0.136. The Balaban J connectivity index is 2.03. The van der Waals surface area contributed by atoms with Crippen LogP contribution in [0.25, 0.3) is 0 Å². The molecule has 0 saturated heterocycles. The third-order valence-corrected chi connectivity index (χ3v) is 2.99. The van der Waals surface area contributed by atoms with Gasteiger partial charge >= 0.3 is 6.09 Å². The monoisotopic (exact) mass is 237 g/mol. The summed E-state index contributed by atoms with van der Waals surface area (Å²) >= 11 is 1.55. The van der Waals surface area contributed by atoms with E-state index in [1.54, 1.807) is 29.7 Å². The molecule has 0 bridgehead atoms. The van der Waals surface area contributed by atoms with Gasteiger partial charge in [0.05, 0.1) is 19.4 Å². The van der Waals surface area contributed by atoms with Crippen LogP contribution in [0.15, 0.2) is 40.3 Å². The number of nitrogens with zero attached hydrogens (tertiary/aromatic N) is 1.